The van der Waals surface area contributed by atoms with Crippen LogP contribution in [0.5, 0.6) is 0 Å². The minimum Gasteiger partial charge on any atom is -0.334 e. The highest BCUT2D eigenvalue weighted by Crippen LogP contribution is 2.34. The van der Waals surface area contributed by atoms with Gasteiger partial charge in [0, 0.05) is 36.6 Å². The first kappa shape index (κ1) is 18.7. The molecular formula is C22H25N7O. The van der Waals surface area contributed by atoms with Gasteiger partial charge in [-0.05, 0) is 51.8 Å². The number of nitrogens with zero attached hydrogens (tertiary/aromatic N) is 7. The summed E-state index contributed by atoms with van der Waals surface area (Å²) in [4.78, 5) is 28.7. The Bertz CT molecular complexity index is 1060. The summed E-state index contributed by atoms with van der Waals surface area (Å²) in [7, 11) is 0. The molecule has 2 aliphatic rings. The Hall–Kier alpha value is -3.29. The molecule has 2 saturated heterocycles. The molecule has 30 heavy (non-hydrogen) atoms. The Morgan fingerprint density at radius 2 is 1.57 bits per heavy atom. The highest BCUT2D eigenvalue weighted by Gasteiger charge is 2.43. The lowest BCUT2D eigenvalue weighted by molar-refractivity contribution is 0.0716. The van der Waals surface area contributed by atoms with E-state index >= 15 is 0 Å². The van der Waals surface area contributed by atoms with Crippen LogP contribution in [-0.2, 0) is 0 Å². The molecule has 5 rings (SSSR count). The molecule has 2 unspecified atom stereocenters. The van der Waals surface area contributed by atoms with Crippen LogP contribution >= 0.6 is 0 Å². The van der Waals surface area contributed by atoms with Crippen molar-refractivity contribution < 1.29 is 4.79 Å². The number of aromatic nitrogens is 5. The van der Waals surface area contributed by atoms with E-state index < -0.39 is 0 Å². The molecule has 3 aromatic rings. The summed E-state index contributed by atoms with van der Waals surface area (Å²) in [5.74, 6) is 0.827. The van der Waals surface area contributed by atoms with Gasteiger partial charge in [-0.3, -0.25) is 4.79 Å². The first-order chi connectivity index (χ1) is 14.5. The van der Waals surface area contributed by atoms with Gasteiger partial charge in [0.1, 0.15) is 0 Å². The van der Waals surface area contributed by atoms with E-state index in [0.29, 0.717) is 24.3 Å². The van der Waals surface area contributed by atoms with Gasteiger partial charge in [0.15, 0.2) is 0 Å². The molecular weight excluding hydrogens is 378 g/mol. The molecule has 8 nitrogen and oxygen atoms in total. The average molecular weight is 403 g/mol. The Kier molecular flexibility index (Phi) is 4.49. The van der Waals surface area contributed by atoms with Crippen LogP contribution in [0.15, 0.2) is 36.7 Å². The van der Waals surface area contributed by atoms with Crippen LogP contribution in [0.25, 0.3) is 5.69 Å². The van der Waals surface area contributed by atoms with Crippen LogP contribution in [0, 0.1) is 20.8 Å². The third-order valence-corrected chi connectivity index (χ3v) is 5.99. The smallest absolute Gasteiger partial charge is 0.256 e. The molecule has 0 N–H and O–H groups in total. The van der Waals surface area contributed by atoms with E-state index in [4.69, 9.17) is 0 Å². The number of piperazine rings is 1. The molecule has 8 heteroatoms. The number of hydrogen-bond donors (Lipinski definition) is 0. The zero-order valence-electron chi connectivity index (χ0n) is 17.5. The SMILES string of the molecule is Cc1ccc(-n2nccn2)c(C(=O)N2CC3CCC(C2)N3c2nc(C)cc(C)n2)c1. The lowest BCUT2D eigenvalue weighted by Crippen LogP contribution is -2.56. The van der Waals surface area contributed by atoms with Gasteiger partial charge in [0.2, 0.25) is 5.95 Å². The summed E-state index contributed by atoms with van der Waals surface area (Å²) in [5.41, 5.74) is 4.35. The lowest BCUT2D eigenvalue weighted by atomic mass is 10.1. The number of fused-ring (bicyclic) bond motifs is 2. The largest absolute Gasteiger partial charge is 0.334 e. The van der Waals surface area contributed by atoms with Gasteiger partial charge in [-0.2, -0.15) is 15.0 Å². The van der Waals surface area contributed by atoms with E-state index in [0.717, 1.165) is 35.7 Å². The second-order valence-electron chi connectivity index (χ2n) is 8.29. The highest BCUT2D eigenvalue weighted by atomic mass is 16.2. The van der Waals surface area contributed by atoms with Crippen molar-refractivity contribution >= 4 is 11.9 Å². The summed E-state index contributed by atoms with van der Waals surface area (Å²) < 4.78 is 0. The number of carbonyl (C=O) groups excluding carboxylic acids is 1. The summed E-state index contributed by atoms with van der Waals surface area (Å²) in [5, 5.41) is 8.45. The van der Waals surface area contributed by atoms with Crippen molar-refractivity contribution in [2.24, 2.45) is 0 Å². The van der Waals surface area contributed by atoms with Crippen LogP contribution < -0.4 is 4.90 Å². The van der Waals surface area contributed by atoms with Crippen molar-refractivity contribution in [3.8, 4) is 5.69 Å². The standard InChI is InChI=1S/C22H25N7O/c1-14-4-7-20(29-23-8-9-24-29)19(10-14)21(30)27-12-17-5-6-18(13-27)28(17)22-25-15(2)11-16(3)26-22/h4,7-11,17-18H,5-6,12-13H2,1-3H3. The monoisotopic (exact) mass is 403 g/mol. The fraction of sp³-hybridized carbons (Fsp3) is 0.409. The summed E-state index contributed by atoms with van der Waals surface area (Å²) in [6, 6.07) is 8.30. The van der Waals surface area contributed by atoms with Gasteiger partial charge < -0.3 is 9.80 Å². The first-order valence-electron chi connectivity index (χ1n) is 10.4. The van der Waals surface area contributed by atoms with Gasteiger partial charge in [0.05, 0.1) is 23.6 Å². The van der Waals surface area contributed by atoms with Gasteiger partial charge in [-0.15, -0.1) is 0 Å². The number of benzene rings is 1. The summed E-state index contributed by atoms with van der Waals surface area (Å²) in [6.07, 6.45) is 5.34. The van der Waals surface area contributed by atoms with Crippen molar-refractivity contribution in [2.45, 2.75) is 45.7 Å². The molecule has 2 bridgehead atoms. The summed E-state index contributed by atoms with van der Waals surface area (Å²) >= 11 is 0. The number of hydrogen-bond acceptors (Lipinski definition) is 6. The summed E-state index contributed by atoms with van der Waals surface area (Å²) in [6.45, 7) is 7.35. The Morgan fingerprint density at radius 3 is 2.20 bits per heavy atom. The van der Waals surface area contributed by atoms with Crippen LogP contribution in [-0.4, -0.2) is 60.9 Å². The maximum atomic E-state index is 13.5. The predicted octanol–water partition coefficient (Wildman–Crippen LogP) is 2.48. The number of carbonyl (C=O) groups is 1. The Labute approximate surface area is 175 Å². The molecule has 2 atom stereocenters. The molecule has 2 aliphatic heterocycles. The first-order valence-corrected chi connectivity index (χ1v) is 10.4. The number of aryl methyl sites for hydroxylation is 3. The molecule has 1 amide bonds. The van der Waals surface area contributed by atoms with Crippen molar-refractivity contribution in [1.82, 2.24) is 29.9 Å². The number of likely N-dealkylation sites (tertiary alicyclic amines) is 1. The molecule has 0 spiro atoms. The van der Waals surface area contributed by atoms with Crippen molar-refractivity contribution in [3.05, 3.63) is 59.2 Å². The van der Waals surface area contributed by atoms with Crippen LogP contribution in [0.4, 0.5) is 5.95 Å². The van der Waals surface area contributed by atoms with Crippen LogP contribution in [0.3, 0.4) is 0 Å². The minimum atomic E-state index is 0.0314. The fourth-order valence-electron chi connectivity index (χ4n) is 4.72. The predicted molar refractivity (Wildman–Crippen MR) is 113 cm³/mol. The normalized spacial score (nSPS) is 20.6. The van der Waals surface area contributed by atoms with Gasteiger partial charge in [0.25, 0.3) is 5.91 Å². The molecule has 1 aromatic carbocycles. The van der Waals surface area contributed by atoms with E-state index in [-0.39, 0.29) is 18.0 Å². The second kappa shape index (κ2) is 7.19. The number of amides is 1. The fourth-order valence-corrected chi connectivity index (χ4v) is 4.72. The van der Waals surface area contributed by atoms with Gasteiger partial charge >= 0.3 is 0 Å². The lowest BCUT2D eigenvalue weighted by Gasteiger charge is -2.41. The van der Waals surface area contributed by atoms with Gasteiger partial charge in [-0.25, -0.2) is 9.97 Å². The molecule has 154 valence electrons. The highest BCUT2D eigenvalue weighted by molar-refractivity contribution is 5.98. The van der Waals surface area contributed by atoms with Crippen molar-refractivity contribution in [2.75, 3.05) is 18.0 Å². The van der Waals surface area contributed by atoms with Crippen molar-refractivity contribution in [1.29, 1.82) is 0 Å². The molecule has 0 saturated carbocycles. The van der Waals surface area contributed by atoms with E-state index in [2.05, 4.69) is 25.1 Å². The molecule has 4 heterocycles. The Morgan fingerprint density at radius 1 is 0.933 bits per heavy atom. The second-order valence-corrected chi connectivity index (χ2v) is 8.29. The number of rotatable bonds is 3. The minimum absolute atomic E-state index is 0.0314. The van der Waals surface area contributed by atoms with E-state index in [1.807, 2.05) is 49.9 Å². The molecule has 0 aliphatic carbocycles. The maximum Gasteiger partial charge on any atom is 0.256 e. The van der Waals surface area contributed by atoms with Gasteiger partial charge in [-0.1, -0.05) is 11.6 Å². The quantitative estimate of drug-likeness (QED) is 0.668. The third-order valence-electron chi connectivity index (χ3n) is 5.99. The van der Waals surface area contributed by atoms with E-state index in [9.17, 15) is 4.79 Å². The topological polar surface area (TPSA) is 80.0 Å². The Balaban J connectivity index is 1.43. The molecule has 2 fully saturated rings. The zero-order chi connectivity index (χ0) is 20.8. The number of anilines is 1. The molecule has 2 aromatic heterocycles. The van der Waals surface area contributed by atoms with Crippen LogP contribution in [0.2, 0.25) is 0 Å². The van der Waals surface area contributed by atoms with Crippen molar-refractivity contribution in [3.63, 3.8) is 0 Å². The van der Waals surface area contributed by atoms with Crippen LogP contribution in [0.1, 0.15) is 40.2 Å². The third kappa shape index (κ3) is 3.22. The average Bonchev–Trinajstić information content (AvgIpc) is 3.33. The maximum absolute atomic E-state index is 13.5. The molecule has 0 radical (unpaired) electrons. The zero-order valence-corrected chi connectivity index (χ0v) is 17.5. The van der Waals surface area contributed by atoms with E-state index in [1.54, 1.807) is 12.4 Å². The van der Waals surface area contributed by atoms with E-state index in [1.165, 1.54) is 4.80 Å².